The molecule has 0 saturated carbocycles. The van der Waals surface area contributed by atoms with E-state index < -0.39 is 0 Å². The Labute approximate surface area is 146 Å². The largest absolute Gasteiger partial charge is 0.207 e. The van der Waals surface area contributed by atoms with Crippen LogP contribution < -0.4 is 0 Å². The van der Waals surface area contributed by atoms with Crippen LogP contribution in [0.2, 0.25) is 0 Å². The van der Waals surface area contributed by atoms with Crippen molar-refractivity contribution >= 4 is 6.71 Å². The molecule has 3 aromatic rings. The summed E-state index contributed by atoms with van der Waals surface area (Å²) in [6, 6.07) is 19.5. The average molecular weight is 338 g/mol. The highest BCUT2D eigenvalue weighted by atomic mass is 19.1. The Hall–Kier alpha value is -2.49. The van der Waals surface area contributed by atoms with Gasteiger partial charge in [0.2, 0.25) is 0 Å². The van der Waals surface area contributed by atoms with Crippen LogP contribution in [-0.4, -0.2) is 6.71 Å². The van der Waals surface area contributed by atoms with Crippen LogP contribution in [0.25, 0.3) is 0 Å². The maximum absolute atomic E-state index is 13.1. The lowest BCUT2D eigenvalue weighted by atomic mass is 9.40. The third-order valence-corrected chi connectivity index (χ3v) is 4.31. The van der Waals surface area contributed by atoms with Crippen LogP contribution >= 0.6 is 0 Å². The molecule has 3 rings (SSSR count). The van der Waals surface area contributed by atoms with Crippen LogP contribution in [0, 0.1) is 17.5 Å². The van der Waals surface area contributed by atoms with Crippen LogP contribution in [-0.2, 0) is 19.0 Å². The van der Waals surface area contributed by atoms with E-state index in [1.807, 2.05) is 0 Å². The maximum Gasteiger partial charge on any atom is 0.153 e. The van der Waals surface area contributed by atoms with Gasteiger partial charge in [0, 0.05) is 0 Å². The van der Waals surface area contributed by atoms with Gasteiger partial charge in [-0.1, -0.05) is 53.1 Å². The van der Waals surface area contributed by atoms with Crippen molar-refractivity contribution in [1.29, 1.82) is 0 Å². The lowest BCUT2D eigenvalue weighted by Gasteiger charge is -2.15. The zero-order chi connectivity index (χ0) is 17.6. The molecule has 0 aliphatic heterocycles. The van der Waals surface area contributed by atoms with Gasteiger partial charge in [0.15, 0.2) is 6.71 Å². The molecule has 0 atom stereocenters. The van der Waals surface area contributed by atoms with Gasteiger partial charge in [-0.25, -0.2) is 13.2 Å². The van der Waals surface area contributed by atoms with Crippen molar-refractivity contribution in [3.63, 3.8) is 0 Å². The zero-order valence-corrected chi connectivity index (χ0v) is 13.8. The van der Waals surface area contributed by atoms with Crippen molar-refractivity contribution in [3.8, 4) is 0 Å². The number of halogens is 3. The third-order valence-electron chi connectivity index (χ3n) is 4.31. The van der Waals surface area contributed by atoms with Crippen LogP contribution in [0.4, 0.5) is 13.2 Å². The fourth-order valence-corrected chi connectivity index (χ4v) is 3.08. The van der Waals surface area contributed by atoms with E-state index in [1.165, 1.54) is 36.4 Å². The molecule has 4 heteroatoms. The fraction of sp³-hybridized carbons (Fsp3) is 0.143. The average Bonchev–Trinajstić information content (AvgIpc) is 2.61. The van der Waals surface area contributed by atoms with Crippen molar-refractivity contribution in [2.24, 2.45) is 0 Å². The summed E-state index contributed by atoms with van der Waals surface area (Å²) in [5, 5.41) is 0. The first-order valence-electron chi connectivity index (χ1n) is 8.32. The monoisotopic (exact) mass is 338 g/mol. The first-order chi connectivity index (χ1) is 12.1. The predicted molar refractivity (Wildman–Crippen MR) is 96.1 cm³/mol. The van der Waals surface area contributed by atoms with E-state index in [2.05, 4.69) is 0 Å². The van der Waals surface area contributed by atoms with Gasteiger partial charge in [0.05, 0.1) is 0 Å². The topological polar surface area (TPSA) is 0 Å². The summed E-state index contributed by atoms with van der Waals surface area (Å²) < 4.78 is 39.4. The Morgan fingerprint density at radius 3 is 0.920 bits per heavy atom. The van der Waals surface area contributed by atoms with Crippen LogP contribution in [0.1, 0.15) is 16.7 Å². The molecule has 25 heavy (non-hydrogen) atoms. The van der Waals surface area contributed by atoms with Gasteiger partial charge in [0.25, 0.3) is 0 Å². The molecule has 0 aliphatic carbocycles. The van der Waals surface area contributed by atoms with Crippen molar-refractivity contribution in [1.82, 2.24) is 0 Å². The summed E-state index contributed by atoms with van der Waals surface area (Å²) in [5.74, 6) is -0.757. The van der Waals surface area contributed by atoms with Gasteiger partial charge < -0.3 is 0 Å². The van der Waals surface area contributed by atoms with E-state index in [9.17, 15) is 13.2 Å². The molecule has 0 radical (unpaired) electrons. The summed E-state index contributed by atoms with van der Waals surface area (Å²) in [7, 11) is 0. The number of rotatable bonds is 6. The summed E-state index contributed by atoms with van der Waals surface area (Å²) >= 11 is 0. The lowest BCUT2D eigenvalue weighted by molar-refractivity contribution is 0.627. The molecule has 3 aromatic carbocycles. The molecule has 0 aromatic heterocycles. The van der Waals surface area contributed by atoms with E-state index in [0.717, 1.165) is 35.7 Å². The van der Waals surface area contributed by atoms with Crippen LogP contribution in [0.3, 0.4) is 0 Å². The smallest absolute Gasteiger partial charge is 0.153 e. The van der Waals surface area contributed by atoms with Crippen molar-refractivity contribution in [2.75, 3.05) is 0 Å². The molecule has 0 fully saturated rings. The Morgan fingerprint density at radius 1 is 0.440 bits per heavy atom. The first-order valence-corrected chi connectivity index (χ1v) is 8.32. The van der Waals surface area contributed by atoms with Crippen molar-refractivity contribution in [3.05, 3.63) is 107 Å². The van der Waals surface area contributed by atoms with E-state index in [-0.39, 0.29) is 24.2 Å². The Kier molecular flexibility index (Phi) is 5.59. The molecule has 0 aliphatic rings. The third kappa shape index (κ3) is 5.25. The summed E-state index contributed by atoms with van der Waals surface area (Å²) in [4.78, 5) is 0. The molecule has 0 unspecified atom stereocenters. The minimum absolute atomic E-state index is 0.251. The van der Waals surface area contributed by atoms with Gasteiger partial charge in [-0.3, -0.25) is 0 Å². The summed E-state index contributed by atoms with van der Waals surface area (Å²) in [6.07, 6.45) is 2.32. The normalized spacial score (nSPS) is 10.7. The second-order valence-electron chi connectivity index (χ2n) is 6.36. The quantitative estimate of drug-likeness (QED) is 0.539. The second-order valence-corrected chi connectivity index (χ2v) is 6.36. The molecular weight excluding hydrogens is 320 g/mol. The molecule has 126 valence electrons. The highest BCUT2D eigenvalue weighted by molar-refractivity contribution is 6.57. The second kappa shape index (κ2) is 8.06. The van der Waals surface area contributed by atoms with Crippen molar-refractivity contribution in [2.45, 2.75) is 19.0 Å². The molecular formula is C21H18BF3. The zero-order valence-electron chi connectivity index (χ0n) is 13.8. The SMILES string of the molecule is Fc1ccc(CB(Cc2ccc(F)cc2)Cc2ccc(F)cc2)cc1. The van der Waals surface area contributed by atoms with Crippen molar-refractivity contribution < 1.29 is 13.2 Å². The summed E-state index contributed by atoms with van der Waals surface area (Å²) in [6.45, 7) is 0.251. The molecule has 0 bridgehead atoms. The van der Waals surface area contributed by atoms with Gasteiger partial charge in [-0.05, 0) is 55.4 Å². The number of hydrogen-bond donors (Lipinski definition) is 0. The van der Waals surface area contributed by atoms with Gasteiger partial charge in [-0.15, -0.1) is 0 Å². The standard InChI is InChI=1S/C21H18BF3/c23-19-7-1-16(2-8-19)13-22(14-17-3-9-20(24)10-4-17)15-18-5-11-21(25)12-6-18/h1-12H,13-15H2. The summed E-state index contributed by atoms with van der Waals surface area (Å²) in [5.41, 5.74) is 3.15. The van der Waals surface area contributed by atoms with Crippen LogP contribution in [0.15, 0.2) is 72.8 Å². The Bertz CT molecular complexity index is 683. The van der Waals surface area contributed by atoms with E-state index in [4.69, 9.17) is 0 Å². The molecule has 0 amide bonds. The highest BCUT2D eigenvalue weighted by Crippen LogP contribution is 2.15. The van der Waals surface area contributed by atoms with Gasteiger partial charge in [0.1, 0.15) is 17.5 Å². The van der Waals surface area contributed by atoms with Gasteiger partial charge in [-0.2, -0.15) is 0 Å². The number of benzene rings is 3. The Balaban J connectivity index is 1.77. The lowest BCUT2D eigenvalue weighted by Crippen LogP contribution is -2.24. The highest BCUT2D eigenvalue weighted by Gasteiger charge is 2.16. The van der Waals surface area contributed by atoms with Gasteiger partial charge >= 0.3 is 0 Å². The number of hydrogen-bond acceptors (Lipinski definition) is 0. The Morgan fingerprint density at radius 2 is 0.680 bits per heavy atom. The molecule has 0 N–H and O–H groups in total. The first kappa shape index (κ1) is 17.3. The van der Waals surface area contributed by atoms with E-state index in [1.54, 1.807) is 36.4 Å². The molecule has 0 heterocycles. The predicted octanol–water partition coefficient (Wildman–Crippen LogP) is 5.24. The van der Waals surface area contributed by atoms with E-state index >= 15 is 0 Å². The minimum atomic E-state index is -0.252. The fourth-order valence-electron chi connectivity index (χ4n) is 3.08. The molecule has 0 spiro atoms. The molecule has 0 nitrogen and oxygen atoms in total. The maximum atomic E-state index is 13.1. The molecule has 0 saturated heterocycles. The van der Waals surface area contributed by atoms with Crippen LogP contribution in [0.5, 0.6) is 0 Å². The van der Waals surface area contributed by atoms with E-state index in [0.29, 0.717) is 0 Å². The minimum Gasteiger partial charge on any atom is -0.207 e.